The fourth-order valence-electron chi connectivity index (χ4n) is 0.429. The highest BCUT2D eigenvalue weighted by Crippen LogP contribution is 2.23. The van der Waals surface area contributed by atoms with Crippen molar-refractivity contribution in [3.63, 3.8) is 0 Å². The average molecular weight is 188 g/mol. The molecule has 11 heavy (non-hydrogen) atoms. The molecular weight excluding hydrogens is 177 g/mol. The molecule has 68 valence electrons. The molecule has 0 saturated heterocycles. The molecule has 0 amide bonds. The number of hydrogen-bond donors (Lipinski definition) is 1. The zero-order valence-electron chi connectivity index (χ0n) is 6.19. The maximum atomic E-state index is 11.5. The highest BCUT2D eigenvalue weighted by Gasteiger charge is 2.26. The summed E-state index contributed by atoms with van der Waals surface area (Å²) in [7, 11) is 0. The van der Waals surface area contributed by atoms with Crippen LogP contribution in [0.2, 0.25) is 0 Å². The average Bonchev–Trinajstić information content (AvgIpc) is 1.85. The molecule has 5 heteroatoms. The number of alkyl halides is 3. The van der Waals surface area contributed by atoms with Gasteiger partial charge >= 0.3 is 6.18 Å². The third-order valence-corrected chi connectivity index (χ3v) is 2.20. The Morgan fingerprint density at radius 2 is 2.00 bits per heavy atom. The standard InChI is InChI=1S/C6H11F3OS/c1-5(4-10)11-3-2-6(7,8)9/h5,10H,2-4H2,1H3. The van der Waals surface area contributed by atoms with Gasteiger partial charge in [-0.25, -0.2) is 0 Å². The minimum Gasteiger partial charge on any atom is -0.395 e. The number of rotatable bonds is 4. The van der Waals surface area contributed by atoms with Gasteiger partial charge in [0.25, 0.3) is 0 Å². The summed E-state index contributed by atoms with van der Waals surface area (Å²) in [6.07, 6.45) is -4.84. The van der Waals surface area contributed by atoms with Crippen LogP contribution in [0.4, 0.5) is 13.2 Å². The van der Waals surface area contributed by atoms with E-state index in [2.05, 4.69) is 0 Å². The van der Waals surface area contributed by atoms with Gasteiger partial charge in [0.2, 0.25) is 0 Å². The molecule has 0 aromatic carbocycles. The molecular formula is C6H11F3OS. The highest BCUT2D eigenvalue weighted by atomic mass is 32.2. The van der Waals surface area contributed by atoms with Gasteiger partial charge in [-0.05, 0) is 0 Å². The molecule has 0 radical (unpaired) electrons. The zero-order valence-corrected chi connectivity index (χ0v) is 7.00. The van der Waals surface area contributed by atoms with Crippen molar-refractivity contribution >= 4 is 11.8 Å². The van der Waals surface area contributed by atoms with Gasteiger partial charge in [0.15, 0.2) is 0 Å². The van der Waals surface area contributed by atoms with Crippen LogP contribution in [0.25, 0.3) is 0 Å². The quantitative estimate of drug-likeness (QED) is 0.728. The van der Waals surface area contributed by atoms with Crippen LogP contribution < -0.4 is 0 Å². The number of thioether (sulfide) groups is 1. The summed E-state index contributed by atoms with van der Waals surface area (Å²) < 4.78 is 34.6. The van der Waals surface area contributed by atoms with Crippen molar-refractivity contribution in [1.82, 2.24) is 0 Å². The summed E-state index contributed by atoms with van der Waals surface area (Å²) in [5, 5.41) is 8.36. The molecule has 0 heterocycles. The van der Waals surface area contributed by atoms with Crippen LogP contribution in [-0.4, -0.2) is 28.9 Å². The monoisotopic (exact) mass is 188 g/mol. The van der Waals surface area contributed by atoms with E-state index in [1.807, 2.05) is 0 Å². The van der Waals surface area contributed by atoms with Crippen LogP contribution >= 0.6 is 11.8 Å². The lowest BCUT2D eigenvalue weighted by Crippen LogP contribution is -2.11. The zero-order chi connectivity index (χ0) is 8.91. The predicted octanol–water partition coefficient (Wildman–Crippen LogP) is 2.05. The fraction of sp³-hybridized carbons (Fsp3) is 1.00. The molecule has 0 bridgehead atoms. The van der Waals surface area contributed by atoms with Crippen LogP contribution in [0.5, 0.6) is 0 Å². The van der Waals surface area contributed by atoms with Gasteiger partial charge in [-0.15, -0.1) is 0 Å². The van der Waals surface area contributed by atoms with Gasteiger partial charge in [-0.3, -0.25) is 0 Å². The minimum atomic E-state index is -4.07. The molecule has 0 fully saturated rings. The van der Waals surface area contributed by atoms with Crippen LogP contribution in [-0.2, 0) is 0 Å². The first kappa shape index (κ1) is 11.1. The molecule has 1 atom stereocenters. The van der Waals surface area contributed by atoms with Crippen molar-refractivity contribution in [2.24, 2.45) is 0 Å². The molecule has 1 nitrogen and oxygen atoms in total. The van der Waals surface area contributed by atoms with Crippen LogP contribution in [0.3, 0.4) is 0 Å². The van der Waals surface area contributed by atoms with Crippen molar-refractivity contribution in [2.45, 2.75) is 24.8 Å². The van der Waals surface area contributed by atoms with Crippen LogP contribution in [0.1, 0.15) is 13.3 Å². The van der Waals surface area contributed by atoms with E-state index in [-0.39, 0.29) is 17.6 Å². The molecule has 0 aromatic rings. The van der Waals surface area contributed by atoms with Crippen molar-refractivity contribution in [2.75, 3.05) is 12.4 Å². The summed E-state index contributed by atoms with van der Waals surface area (Å²) in [6.45, 7) is 1.63. The second kappa shape index (κ2) is 4.87. The fourth-order valence-corrected chi connectivity index (χ4v) is 1.29. The summed E-state index contributed by atoms with van der Waals surface area (Å²) >= 11 is 1.13. The normalized spacial score (nSPS) is 15.0. The van der Waals surface area contributed by atoms with Gasteiger partial charge in [0.05, 0.1) is 13.0 Å². The molecule has 0 rings (SSSR count). The number of aliphatic hydroxyl groups is 1. The molecule has 0 aromatic heterocycles. The third-order valence-electron chi connectivity index (χ3n) is 1.05. The Morgan fingerprint density at radius 3 is 2.36 bits per heavy atom. The van der Waals surface area contributed by atoms with Crippen molar-refractivity contribution in [3.05, 3.63) is 0 Å². The summed E-state index contributed by atoms with van der Waals surface area (Å²) in [5.74, 6) is 0.0330. The molecule has 0 aliphatic rings. The Balaban J connectivity index is 3.28. The second-order valence-electron chi connectivity index (χ2n) is 2.23. The number of hydrogen-bond acceptors (Lipinski definition) is 2. The predicted molar refractivity (Wildman–Crippen MR) is 39.7 cm³/mol. The van der Waals surface area contributed by atoms with E-state index in [4.69, 9.17) is 5.11 Å². The molecule has 0 aliphatic heterocycles. The van der Waals surface area contributed by atoms with E-state index in [1.165, 1.54) is 0 Å². The van der Waals surface area contributed by atoms with Gasteiger partial charge < -0.3 is 5.11 Å². The summed E-state index contributed by atoms with van der Waals surface area (Å²) in [4.78, 5) is 0. The SMILES string of the molecule is CC(CO)SCCC(F)(F)F. The minimum absolute atomic E-state index is 0.0330. The van der Waals surface area contributed by atoms with Gasteiger partial charge in [-0.2, -0.15) is 24.9 Å². The van der Waals surface area contributed by atoms with E-state index in [0.29, 0.717) is 0 Å². The maximum Gasteiger partial charge on any atom is 0.389 e. The molecule has 0 saturated carbocycles. The largest absolute Gasteiger partial charge is 0.395 e. The molecule has 0 spiro atoms. The van der Waals surface area contributed by atoms with Gasteiger partial charge in [0, 0.05) is 11.0 Å². The Bertz CT molecular complexity index is 104. The second-order valence-corrected chi connectivity index (χ2v) is 3.78. The van der Waals surface area contributed by atoms with E-state index >= 15 is 0 Å². The van der Waals surface area contributed by atoms with Crippen molar-refractivity contribution in [1.29, 1.82) is 0 Å². The first-order chi connectivity index (χ1) is 4.95. The summed E-state index contributed by atoms with van der Waals surface area (Å²) in [6, 6.07) is 0. The Hall–Kier alpha value is 0.100. The van der Waals surface area contributed by atoms with E-state index < -0.39 is 12.6 Å². The van der Waals surface area contributed by atoms with Gasteiger partial charge in [0.1, 0.15) is 0 Å². The van der Waals surface area contributed by atoms with Crippen LogP contribution in [0.15, 0.2) is 0 Å². The lowest BCUT2D eigenvalue weighted by atomic mass is 10.5. The van der Waals surface area contributed by atoms with E-state index in [9.17, 15) is 13.2 Å². The smallest absolute Gasteiger partial charge is 0.389 e. The maximum absolute atomic E-state index is 11.5. The summed E-state index contributed by atoms with van der Waals surface area (Å²) in [5.41, 5.74) is 0. The topological polar surface area (TPSA) is 20.2 Å². The number of aliphatic hydroxyl groups excluding tert-OH is 1. The molecule has 1 unspecified atom stereocenters. The van der Waals surface area contributed by atoms with Crippen molar-refractivity contribution in [3.8, 4) is 0 Å². The Kier molecular flexibility index (Phi) is 4.92. The molecule has 1 N–H and O–H groups in total. The van der Waals surface area contributed by atoms with E-state index in [1.54, 1.807) is 6.92 Å². The van der Waals surface area contributed by atoms with Gasteiger partial charge in [-0.1, -0.05) is 6.92 Å². The lowest BCUT2D eigenvalue weighted by molar-refractivity contribution is -0.129. The lowest BCUT2D eigenvalue weighted by Gasteiger charge is -2.08. The first-order valence-corrected chi connectivity index (χ1v) is 4.30. The van der Waals surface area contributed by atoms with Crippen LogP contribution in [0, 0.1) is 0 Å². The first-order valence-electron chi connectivity index (χ1n) is 3.25. The van der Waals surface area contributed by atoms with Crippen molar-refractivity contribution < 1.29 is 18.3 Å². The van der Waals surface area contributed by atoms with E-state index in [0.717, 1.165) is 11.8 Å². The third kappa shape index (κ3) is 8.00. The Labute approximate surface area is 68.0 Å². The number of halogens is 3. The molecule has 0 aliphatic carbocycles. The Morgan fingerprint density at radius 1 is 1.45 bits per heavy atom. The highest BCUT2D eigenvalue weighted by molar-refractivity contribution is 7.99.